The molecule has 176 valence electrons. The average Bonchev–Trinajstić information content (AvgIpc) is 3.53. The van der Waals surface area contributed by atoms with Gasteiger partial charge in [0, 0.05) is 11.7 Å². The number of amides is 2. The van der Waals surface area contributed by atoms with Gasteiger partial charge in [0.25, 0.3) is 5.91 Å². The van der Waals surface area contributed by atoms with Crippen LogP contribution in [0.3, 0.4) is 0 Å². The Hall–Kier alpha value is -2.67. The number of nitrogens with one attached hydrogen (secondary N) is 1. The predicted molar refractivity (Wildman–Crippen MR) is 123 cm³/mol. The molecule has 5 rings (SSSR count). The fourth-order valence-corrected chi connectivity index (χ4v) is 6.00. The molecule has 1 N–H and O–H groups in total. The molecule has 2 saturated heterocycles. The third-order valence-corrected chi connectivity index (χ3v) is 7.51. The van der Waals surface area contributed by atoms with E-state index >= 15 is 0 Å². The standard InChI is InChI=1S/C26H32N2O5/c1-4-19(23(29)27-17-7-5-6-8-17)32-25(31)21-20-9-10-26(33-20)14-28(24(30)22(21)26)18-12-15(2)11-16(3)13-18/h9-13,17,19-22H,4-8,14H2,1-3H3,(H,27,29)/t19-,20+,21-,22-,26-/m0/s1. The van der Waals surface area contributed by atoms with Gasteiger partial charge in [-0.1, -0.05) is 38.0 Å². The molecular formula is C26H32N2O5. The van der Waals surface area contributed by atoms with Crippen molar-refractivity contribution in [1.29, 1.82) is 0 Å². The third kappa shape index (κ3) is 3.76. The molecule has 0 unspecified atom stereocenters. The van der Waals surface area contributed by atoms with E-state index < -0.39 is 35.6 Å². The summed E-state index contributed by atoms with van der Waals surface area (Å²) >= 11 is 0. The number of benzene rings is 1. The Bertz CT molecular complexity index is 994. The number of ether oxygens (including phenoxy) is 2. The Morgan fingerprint density at radius 3 is 2.58 bits per heavy atom. The summed E-state index contributed by atoms with van der Waals surface area (Å²) in [7, 11) is 0. The highest BCUT2D eigenvalue weighted by Gasteiger charge is 2.67. The van der Waals surface area contributed by atoms with Gasteiger partial charge in [0.2, 0.25) is 5.91 Å². The van der Waals surface area contributed by atoms with E-state index in [1.54, 1.807) is 4.90 Å². The Kier molecular flexibility index (Phi) is 5.55. The molecule has 5 atom stereocenters. The first kappa shape index (κ1) is 22.1. The minimum absolute atomic E-state index is 0.128. The van der Waals surface area contributed by atoms with E-state index in [0.29, 0.717) is 13.0 Å². The largest absolute Gasteiger partial charge is 0.452 e. The number of rotatable bonds is 6. The van der Waals surface area contributed by atoms with Gasteiger partial charge in [-0.25, -0.2) is 0 Å². The second kappa shape index (κ2) is 8.28. The molecule has 3 aliphatic heterocycles. The van der Waals surface area contributed by atoms with E-state index in [0.717, 1.165) is 42.5 Å². The number of carbonyl (C=O) groups is 3. The molecule has 0 radical (unpaired) electrons. The fraction of sp³-hybridized carbons (Fsp3) is 0.577. The van der Waals surface area contributed by atoms with Crippen molar-refractivity contribution in [3.63, 3.8) is 0 Å². The van der Waals surface area contributed by atoms with E-state index in [9.17, 15) is 14.4 Å². The van der Waals surface area contributed by atoms with Crippen LogP contribution in [0.2, 0.25) is 0 Å². The van der Waals surface area contributed by atoms with Gasteiger partial charge in [0.1, 0.15) is 11.5 Å². The van der Waals surface area contributed by atoms with Crippen LogP contribution < -0.4 is 10.2 Å². The fourth-order valence-electron chi connectivity index (χ4n) is 6.00. The summed E-state index contributed by atoms with van der Waals surface area (Å²) in [4.78, 5) is 41.3. The van der Waals surface area contributed by atoms with Crippen LogP contribution >= 0.6 is 0 Å². The molecule has 2 amide bonds. The lowest BCUT2D eigenvalue weighted by molar-refractivity contribution is -0.162. The highest BCUT2D eigenvalue weighted by atomic mass is 16.6. The molecule has 1 aromatic carbocycles. The van der Waals surface area contributed by atoms with Gasteiger partial charge in [-0.3, -0.25) is 14.4 Å². The summed E-state index contributed by atoms with van der Waals surface area (Å²) in [6, 6.07) is 6.18. The Labute approximate surface area is 194 Å². The van der Waals surface area contributed by atoms with E-state index in [-0.39, 0.29) is 17.9 Å². The zero-order valence-corrected chi connectivity index (χ0v) is 19.5. The first-order valence-corrected chi connectivity index (χ1v) is 12.1. The van der Waals surface area contributed by atoms with Gasteiger partial charge in [-0.05, 0) is 56.4 Å². The lowest BCUT2D eigenvalue weighted by Gasteiger charge is -2.25. The zero-order chi connectivity index (χ0) is 23.3. The Morgan fingerprint density at radius 2 is 1.91 bits per heavy atom. The van der Waals surface area contributed by atoms with Crippen LogP contribution in [-0.4, -0.2) is 48.2 Å². The summed E-state index contributed by atoms with van der Waals surface area (Å²) in [6.07, 6.45) is 6.97. The lowest BCUT2D eigenvalue weighted by atomic mass is 9.77. The third-order valence-electron chi connectivity index (χ3n) is 7.51. The predicted octanol–water partition coefficient (Wildman–Crippen LogP) is 2.97. The van der Waals surface area contributed by atoms with Crippen LogP contribution in [0.25, 0.3) is 0 Å². The molecule has 1 saturated carbocycles. The van der Waals surface area contributed by atoms with Crippen LogP contribution in [0, 0.1) is 25.7 Å². The summed E-state index contributed by atoms with van der Waals surface area (Å²) in [5, 5.41) is 3.02. The van der Waals surface area contributed by atoms with Crippen molar-refractivity contribution in [2.75, 3.05) is 11.4 Å². The molecule has 3 fully saturated rings. The van der Waals surface area contributed by atoms with Crippen molar-refractivity contribution in [2.45, 2.75) is 76.7 Å². The molecule has 7 heteroatoms. The average molecular weight is 453 g/mol. The van der Waals surface area contributed by atoms with E-state index in [1.165, 1.54) is 0 Å². The van der Waals surface area contributed by atoms with Crippen molar-refractivity contribution in [3.05, 3.63) is 41.5 Å². The van der Waals surface area contributed by atoms with Crippen molar-refractivity contribution >= 4 is 23.5 Å². The zero-order valence-electron chi connectivity index (χ0n) is 19.5. The Balaban J connectivity index is 1.34. The number of aryl methyl sites for hydroxylation is 2. The van der Waals surface area contributed by atoms with E-state index in [1.807, 2.05) is 45.1 Å². The Morgan fingerprint density at radius 1 is 1.21 bits per heavy atom. The summed E-state index contributed by atoms with van der Waals surface area (Å²) in [5.74, 6) is -2.29. The van der Waals surface area contributed by atoms with Gasteiger partial charge in [0.05, 0.1) is 18.6 Å². The van der Waals surface area contributed by atoms with Gasteiger partial charge >= 0.3 is 5.97 Å². The highest BCUT2D eigenvalue weighted by Crippen LogP contribution is 2.53. The van der Waals surface area contributed by atoms with Crippen LogP contribution in [-0.2, 0) is 23.9 Å². The lowest BCUT2D eigenvalue weighted by Crippen LogP contribution is -2.45. The number of anilines is 1. The van der Waals surface area contributed by atoms with Crippen LogP contribution in [0.1, 0.15) is 50.2 Å². The number of carbonyl (C=O) groups excluding carboxylic acids is 3. The second-order valence-corrected chi connectivity index (χ2v) is 9.99. The molecular weight excluding hydrogens is 420 g/mol. The van der Waals surface area contributed by atoms with Crippen molar-refractivity contribution in [2.24, 2.45) is 11.8 Å². The minimum atomic E-state index is -0.857. The summed E-state index contributed by atoms with van der Waals surface area (Å²) in [6.45, 7) is 6.20. The van der Waals surface area contributed by atoms with Crippen LogP contribution in [0.4, 0.5) is 5.69 Å². The molecule has 2 bridgehead atoms. The molecule has 0 aromatic heterocycles. The summed E-state index contributed by atoms with van der Waals surface area (Å²) in [5.41, 5.74) is 2.14. The first-order chi connectivity index (χ1) is 15.8. The topological polar surface area (TPSA) is 84.9 Å². The molecule has 7 nitrogen and oxygen atoms in total. The smallest absolute Gasteiger partial charge is 0.313 e. The summed E-state index contributed by atoms with van der Waals surface area (Å²) < 4.78 is 11.9. The maximum absolute atomic E-state index is 13.6. The molecule has 4 aliphatic rings. The van der Waals surface area contributed by atoms with Crippen molar-refractivity contribution in [3.8, 4) is 0 Å². The number of esters is 1. The minimum Gasteiger partial charge on any atom is -0.452 e. The maximum Gasteiger partial charge on any atom is 0.313 e. The van der Waals surface area contributed by atoms with Gasteiger partial charge in [0.15, 0.2) is 6.10 Å². The SMILES string of the molecule is CC[C@H](OC(=O)[C@@H]1[C@H]2C(=O)N(c3cc(C)cc(C)c3)C[C@@]23C=C[C@H]1O3)C(=O)NC1CCCC1. The molecule has 33 heavy (non-hydrogen) atoms. The normalized spacial score (nSPS) is 31.2. The van der Waals surface area contributed by atoms with Gasteiger partial charge < -0.3 is 19.7 Å². The van der Waals surface area contributed by atoms with Gasteiger partial charge in [-0.2, -0.15) is 0 Å². The molecule has 1 spiro atoms. The van der Waals surface area contributed by atoms with E-state index in [2.05, 4.69) is 11.4 Å². The maximum atomic E-state index is 13.6. The van der Waals surface area contributed by atoms with Crippen LogP contribution in [0.15, 0.2) is 30.4 Å². The van der Waals surface area contributed by atoms with Gasteiger partial charge in [-0.15, -0.1) is 0 Å². The molecule has 1 aromatic rings. The number of fused-ring (bicyclic) bond motifs is 1. The van der Waals surface area contributed by atoms with E-state index in [4.69, 9.17) is 9.47 Å². The monoisotopic (exact) mass is 452 g/mol. The molecule has 3 heterocycles. The van der Waals surface area contributed by atoms with Crippen molar-refractivity contribution in [1.82, 2.24) is 5.32 Å². The number of hydrogen-bond acceptors (Lipinski definition) is 5. The highest BCUT2D eigenvalue weighted by molar-refractivity contribution is 6.03. The van der Waals surface area contributed by atoms with Crippen molar-refractivity contribution < 1.29 is 23.9 Å². The van der Waals surface area contributed by atoms with Crippen LogP contribution in [0.5, 0.6) is 0 Å². The number of nitrogens with zero attached hydrogens (tertiary/aromatic N) is 1. The molecule has 1 aliphatic carbocycles. The second-order valence-electron chi connectivity index (χ2n) is 9.99. The quantitative estimate of drug-likeness (QED) is 0.530. The number of hydrogen-bond donors (Lipinski definition) is 1. The first-order valence-electron chi connectivity index (χ1n) is 12.1.